The minimum absolute atomic E-state index is 0.0140. The summed E-state index contributed by atoms with van der Waals surface area (Å²) in [6.07, 6.45) is 0. The Morgan fingerprint density at radius 2 is 1.82 bits per heavy atom. The van der Waals surface area contributed by atoms with Crippen LogP contribution >= 0.6 is 0 Å². The van der Waals surface area contributed by atoms with Gasteiger partial charge in [-0.2, -0.15) is 0 Å². The molecule has 1 aromatic rings. The van der Waals surface area contributed by atoms with Crippen molar-refractivity contribution in [3.63, 3.8) is 0 Å². The second-order valence-electron chi connectivity index (χ2n) is 3.61. The number of hydrogen-bond donors (Lipinski definition) is 2. The van der Waals surface area contributed by atoms with Crippen LogP contribution in [0.2, 0.25) is 0 Å². The molecule has 0 atom stereocenters. The van der Waals surface area contributed by atoms with E-state index in [1.54, 1.807) is 24.3 Å². The minimum atomic E-state index is -3.28. The number of benzene rings is 1. The van der Waals surface area contributed by atoms with Gasteiger partial charge in [-0.05, 0) is 11.1 Å². The molecule has 0 amide bonds. The minimum Gasteiger partial charge on any atom is -0.392 e. The number of rotatable bonds is 7. The van der Waals surface area contributed by atoms with Gasteiger partial charge in [0.25, 0.3) is 0 Å². The molecule has 1 aromatic carbocycles. The number of hydrogen-bond acceptors (Lipinski definition) is 4. The van der Waals surface area contributed by atoms with Gasteiger partial charge in [-0.3, -0.25) is 0 Å². The maximum atomic E-state index is 11.5. The lowest BCUT2D eigenvalue weighted by Crippen LogP contribution is -2.27. The summed E-state index contributed by atoms with van der Waals surface area (Å²) in [5.41, 5.74) is 1.65. The van der Waals surface area contributed by atoms with Gasteiger partial charge in [-0.15, -0.1) is 0 Å². The predicted octanol–water partition coefficient (Wildman–Crippen LogP) is 0.245. The molecule has 0 spiro atoms. The number of aliphatic hydroxyl groups is 1. The molecule has 0 aliphatic heterocycles. The van der Waals surface area contributed by atoms with Crippen molar-refractivity contribution in [3.8, 4) is 0 Å². The van der Waals surface area contributed by atoms with Crippen molar-refractivity contribution in [1.29, 1.82) is 0 Å². The zero-order valence-electron chi connectivity index (χ0n) is 9.72. The number of nitrogens with one attached hydrogen (secondary N) is 1. The number of methoxy groups -OCH3 is 1. The lowest BCUT2D eigenvalue weighted by Gasteiger charge is -2.06. The Morgan fingerprint density at radius 3 is 2.35 bits per heavy atom. The maximum Gasteiger partial charge on any atom is 0.214 e. The monoisotopic (exact) mass is 259 g/mol. The molecule has 6 heteroatoms. The van der Waals surface area contributed by atoms with E-state index in [9.17, 15) is 8.42 Å². The molecule has 0 unspecified atom stereocenters. The molecule has 0 saturated carbocycles. The third kappa shape index (κ3) is 5.27. The second-order valence-corrected chi connectivity index (χ2v) is 5.53. The van der Waals surface area contributed by atoms with Gasteiger partial charge < -0.3 is 9.84 Å². The van der Waals surface area contributed by atoms with Crippen molar-refractivity contribution in [2.24, 2.45) is 0 Å². The number of ether oxygens (including phenoxy) is 1. The van der Waals surface area contributed by atoms with Crippen LogP contribution in [0, 0.1) is 0 Å². The van der Waals surface area contributed by atoms with Crippen LogP contribution in [0.5, 0.6) is 0 Å². The highest BCUT2D eigenvalue weighted by Crippen LogP contribution is 2.04. The van der Waals surface area contributed by atoms with E-state index in [1.807, 2.05) is 0 Å². The molecule has 0 saturated heterocycles. The molecule has 0 fully saturated rings. The van der Waals surface area contributed by atoms with Gasteiger partial charge in [-0.25, -0.2) is 13.1 Å². The Kier molecular flexibility index (Phi) is 5.57. The first-order valence-electron chi connectivity index (χ1n) is 5.22. The average molecular weight is 259 g/mol. The zero-order chi connectivity index (χ0) is 12.7. The van der Waals surface area contributed by atoms with Crippen molar-refractivity contribution in [2.75, 3.05) is 19.5 Å². The van der Waals surface area contributed by atoms with Crippen LogP contribution in [0.1, 0.15) is 11.1 Å². The lowest BCUT2D eigenvalue weighted by molar-refractivity contribution is 0.217. The molecule has 2 N–H and O–H groups in total. The first-order valence-corrected chi connectivity index (χ1v) is 6.87. The van der Waals surface area contributed by atoms with Gasteiger partial charge in [-0.1, -0.05) is 24.3 Å². The van der Waals surface area contributed by atoms with Crippen LogP contribution in [0.4, 0.5) is 0 Å². The molecular formula is C11H17NO4S. The van der Waals surface area contributed by atoms with E-state index in [-0.39, 0.29) is 25.5 Å². The van der Waals surface area contributed by atoms with Crippen molar-refractivity contribution in [3.05, 3.63) is 35.4 Å². The molecule has 1 rings (SSSR count). The van der Waals surface area contributed by atoms with Gasteiger partial charge in [0.2, 0.25) is 10.0 Å². The molecule has 0 aliphatic carbocycles. The summed E-state index contributed by atoms with van der Waals surface area (Å²) >= 11 is 0. The molecule has 0 aliphatic rings. The highest BCUT2D eigenvalue weighted by molar-refractivity contribution is 7.89. The van der Waals surface area contributed by atoms with E-state index in [2.05, 4.69) is 4.72 Å². The average Bonchev–Trinajstić information content (AvgIpc) is 2.35. The standard InChI is InChI=1S/C11H17NO4S/c1-16-6-7-17(14,15)12-8-10-2-4-11(9-13)5-3-10/h2-5,12-13H,6-9H2,1H3. The lowest BCUT2D eigenvalue weighted by atomic mass is 10.1. The Labute approximate surface area is 101 Å². The molecule has 17 heavy (non-hydrogen) atoms. The topological polar surface area (TPSA) is 75.6 Å². The Hall–Kier alpha value is -0.950. The van der Waals surface area contributed by atoms with E-state index < -0.39 is 10.0 Å². The SMILES string of the molecule is COCCS(=O)(=O)NCc1ccc(CO)cc1. The van der Waals surface area contributed by atoms with Gasteiger partial charge >= 0.3 is 0 Å². The molecule has 0 radical (unpaired) electrons. The fraction of sp³-hybridized carbons (Fsp3) is 0.455. The van der Waals surface area contributed by atoms with Crippen molar-refractivity contribution < 1.29 is 18.3 Å². The third-order valence-electron chi connectivity index (χ3n) is 2.26. The summed E-state index contributed by atoms with van der Waals surface area (Å²) in [5, 5.41) is 8.86. The van der Waals surface area contributed by atoms with E-state index in [0.717, 1.165) is 11.1 Å². The van der Waals surface area contributed by atoms with Crippen LogP contribution in [-0.4, -0.2) is 33.0 Å². The van der Waals surface area contributed by atoms with E-state index >= 15 is 0 Å². The Balaban J connectivity index is 2.49. The van der Waals surface area contributed by atoms with Crippen LogP contribution in [0.3, 0.4) is 0 Å². The summed E-state index contributed by atoms with van der Waals surface area (Å²) < 4.78 is 30.1. The maximum absolute atomic E-state index is 11.5. The van der Waals surface area contributed by atoms with Crippen LogP contribution < -0.4 is 4.72 Å². The van der Waals surface area contributed by atoms with Gasteiger partial charge in [0.1, 0.15) is 0 Å². The van der Waals surface area contributed by atoms with Gasteiger partial charge in [0.15, 0.2) is 0 Å². The molecule has 96 valence electrons. The largest absolute Gasteiger partial charge is 0.392 e. The predicted molar refractivity (Wildman–Crippen MR) is 64.9 cm³/mol. The van der Waals surface area contributed by atoms with E-state index in [0.29, 0.717) is 0 Å². The Morgan fingerprint density at radius 1 is 1.24 bits per heavy atom. The van der Waals surface area contributed by atoms with E-state index in [4.69, 9.17) is 9.84 Å². The van der Waals surface area contributed by atoms with Crippen LogP contribution in [0.15, 0.2) is 24.3 Å². The highest BCUT2D eigenvalue weighted by Gasteiger charge is 2.08. The zero-order valence-corrected chi connectivity index (χ0v) is 10.5. The smallest absolute Gasteiger partial charge is 0.214 e. The van der Waals surface area contributed by atoms with Gasteiger partial charge in [0, 0.05) is 13.7 Å². The number of aliphatic hydroxyl groups excluding tert-OH is 1. The molecule has 0 heterocycles. The summed E-state index contributed by atoms with van der Waals surface area (Å²) in [6, 6.07) is 7.09. The van der Waals surface area contributed by atoms with Crippen LogP contribution in [-0.2, 0) is 27.9 Å². The van der Waals surface area contributed by atoms with Crippen molar-refractivity contribution in [1.82, 2.24) is 4.72 Å². The fourth-order valence-electron chi connectivity index (χ4n) is 1.22. The third-order valence-corrected chi connectivity index (χ3v) is 3.55. The normalized spacial score (nSPS) is 11.6. The summed E-state index contributed by atoms with van der Waals surface area (Å²) in [4.78, 5) is 0. The molecular weight excluding hydrogens is 242 g/mol. The highest BCUT2D eigenvalue weighted by atomic mass is 32.2. The summed E-state index contributed by atoms with van der Waals surface area (Å²) in [6.45, 7) is 0.413. The molecule has 0 bridgehead atoms. The number of sulfonamides is 1. The Bertz CT molecular complexity index is 427. The molecule has 5 nitrogen and oxygen atoms in total. The molecule has 0 aromatic heterocycles. The summed E-state index contributed by atoms with van der Waals surface area (Å²) in [5.74, 6) is -0.0434. The van der Waals surface area contributed by atoms with Gasteiger partial charge in [0.05, 0.1) is 19.0 Å². The quantitative estimate of drug-likeness (QED) is 0.735. The van der Waals surface area contributed by atoms with Crippen LogP contribution in [0.25, 0.3) is 0 Å². The van der Waals surface area contributed by atoms with Crippen molar-refractivity contribution >= 4 is 10.0 Å². The fourth-order valence-corrected chi connectivity index (χ4v) is 2.14. The van der Waals surface area contributed by atoms with Crippen molar-refractivity contribution in [2.45, 2.75) is 13.2 Å². The summed E-state index contributed by atoms with van der Waals surface area (Å²) in [7, 11) is -1.82. The first kappa shape index (κ1) is 14.1. The first-order chi connectivity index (χ1) is 8.07. The second kappa shape index (κ2) is 6.70. The van der Waals surface area contributed by atoms with E-state index in [1.165, 1.54) is 7.11 Å².